The van der Waals surface area contributed by atoms with Crippen LogP contribution >= 0.6 is 0 Å². The molecular formula is C15H24N2O2. The molecule has 1 aromatic heterocycles. The van der Waals surface area contributed by atoms with E-state index < -0.39 is 0 Å². The molecule has 19 heavy (non-hydrogen) atoms. The number of carbonyl (C=O) groups excluding carboxylic acids is 1. The highest BCUT2D eigenvalue weighted by molar-refractivity contribution is 5.87. The molecule has 0 bridgehead atoms. The number of carbonyl (C=O) groups is 1. The maximum Gasteiger partial charge on any atom is 0.356 e. The minimum absolute atomic E-state index is 0.324. The molecule has 0 aliphatic carbocycles. The van der Waals surface area contributed by atoms with Crippen LogP contribution in [0.3, 0.4) is 0 Å². The molecule has 0 fully saturated rings. The molecule has 0 saturated carbocycles. The summed E-state index contributed by atoms with van der Waals surface area (Å²) in [6.07, 6.45) is 5.77. The zero-order valence-corrected chi connectivity index (χ0v) is 12.2. The summed E-state index contributed by atoms with van der Waals surface area (Å²) in [6.45, 7) is 3.61. The highest BCUT2D eigenvalue weighted by atomic mass is 16.5. The number of pyridine rings is 1. The van der Waals surface area contributed by atoms with Gasteiger partial charge >= 0.3 is 5.97 Å². The fraction of sp³-hybridized carbons (Fsp3) is 0.600. The smallest absolute Gasteiger partial charge is 0.356 e. The summed E-state index contributed by atoms with van der Waals surface area (Å²) in [5.74, 6) is -0.324. The van der Waals surface area contributed by atoms with Gasteiger partial charge in [0.25, 0.3) is 0 Å². The van der Waals surface area contributed by atoms with Crippen LogP contribution in [0.1, 0.15) is 42.2 Å². The fourth-order valence-electron chi connectivity index (χ4n) is 1.70. The molecule has 0 amide bonds. The van der Waals surface area contributed by atoms with Crippen LogP contribution in [0.2, 0.25) is 0 Å². The molecule has 1 rings (SSSR count). The van der Waals surface area contributed by atoms with E-state index in [2.05, 4.69) is 30.9 Å². The van der Waals surface area contributed by atoms with Crippen LogP contribution in [0.15, 0.2) is 18.3 Å². The van der Waals surface area contributed by atoms with Gasteiger partial charge in [-0.05, 0) is 58.0 Å². The van der Waals surface area contributed by atoms with E-state index in [0.29, 0.717) is 12.3 Å². The summed E-state index contributed by atoms with van der Waals surface area (Å²) in [5, 5.41) is 0. The van der Waals surface area contributed by atoms with Gasteiger partial charge in [0.1, 0.15) is 5.69 Å². The standard InChI is InChI=1S/C15H24N2O2/c1-4-13-8-9-14(16-12-13)15(18)19-11-7-5-6-10-17(2)3/h8-9,12H,4-7,10-11H2,1-3H3. The number of aryl methyl sites for hydroxylation is 1. The summed E-state index contributed by atoms with van der Waals surface area (Å²) in [4.78, 5) is 18.0. The van der Waals surface area contributed by atoms with Crippen molar-refractivity contribution in [3.8, 4) is 0 Å². The SMILES string of the molecule is CCc1ccc(C(=O)OCCCCCN(C)C)nc1. The van der Waals surface area contributed by atoms with Crippen molar-refractivity contribution < 1.29 is 9.53 Å². The Kier molecular flexibility index (Phi) is 7.11. The zero-order chi connectivity index (χ0) is 14.1. The van der Waals surface area contributed by atoms with Gasteiger partial charge in [-0.2, -0.15) is 0 Å². The van der Waals surface area contributed by atoms with Crippen molar-refractivity contribution in [1.29, 1.82) is 0 Å². The van der Waals surface area contributed by atoms with Gasteiger partial charge in [-0.3, -0.25) is 0 Å². The van der Waals surface area contributed by atoms with E-state index in [9.17, 15) is 4.79 Å². The minimum atomic E-state index is -0.324. The molecule has 4 heteroatoms. The second-order valence-electron chi connectivity index (χ2n) is 4.91. The summed E-state index contributed by atoms with van der Waals surface area (Å²) in [6, 6.07) is 3.65. The molecule has 1 aromatic rings. The highest BCUT2D eigenvalue weighted by Crippen LogP contribution is 2.04. The normalized spacial score (nSPS) is 10.7. The molecule has 4 nitrogen and oxygen atoms in total. The largest absolute Gasteiger partial charge is 0.461 e. The third kappa shape index (κ3) is 6.34. The second kappa shape index (κ2) is 8.64. The molecule has 1 heterocycles. The van der Waals surface area contributed by atoms with Gasteiger partial charge in [0, 0.05) is 6.20 Å². The van der Waals surface area contributed by atoms with Gasteiger partial charge in [-0.25, -0.2) is 9.78 Å². The molecule has 0 radical (unpaired) electrons. The van der Waals surface area contributed by atoms with Crippen LogP contribution in [0.5, 0.6) is 0 Å². The van der Waals surface area contributed by atoms with E-state index in [1.165, 1.54) is 0 Å². The average molecular weight is 264 g/mol. The molecule has 0 spiro atoms. The molecule has 106 valence electrons. The predicted molar refractivity (Wildman–Crippen MR) is 76.3 cm³/mol. The van der Waals surface area contributed by atoms with Crippen LogP contribution in [-0.4, -0.2) is 43.1 Å². The van der Waals surface area contributed by atoms with Crippen molar-refractivity contribution in [3.63, 3.8) is 0 Å². The first-order valence-electron chi connectivity index (χ1n) is 6.90. The van der Waals surface area contributed by atoms with Crippen molar-refractivity contribution in [2.45, 2.75) is 32.6 Å². The Hall–Kier alpha value is -1.42. The first kappa shape index (κ1) is 15.6. The molecule has 0 aliphatic rings. The first-order chi connectivity index (χ1) is 9.13. The highest BCUT2D eigenvalue weighted by Gasteiger charge is 2.07. The molecule has 0 unspecified atom stereocenters. The Balaban J connectivity index is 2.20. The maximum atomic E-state index is 11.7. The van der Waals surface area contributed by atoms with Gasteiger partial charge in [-0.15, -0.1) is 0 Å². The third-order valence-corrected chi connectivity index (χ3v) is 2.92. The lowest BCUT2D eigenvalue weighted by atomic mass is 10.2. The Morgan fingerprint density at radius 1 is 1.26 bits per heavy atom. The predicted octanol–water partition coefficient (Wildman–Crippen LogP) is 2.53. The maximum absolute atomic E-state index is 11.7. The lowest BCUT2D eigenvalue weighted by molar-refractivity contribution is 0.0490. The summed E-state index contributed by atoms with van der Waals surface area (Å²) >= 11 is 0. The van der Waals surface area contributed by atoms with Crippen LogP contribution in [-0.2, 0) is 11.2 Å². The topological polar surface area (TPSA) is 42.4 Å². The summed E-state index contributed by atoms with van der Waals surface area (Å²) < 4.78 is 5.19. The van der Waals surface area contributed by atoms with Crippen molar-refractivity contribution in [2.24, 2.45) is 0 Å². The Morgan fingerprint density at radius 3 is 2.63 bits per heavy atom. The molecule has 0 atom stereocenters. The number of aromatic nitrogens is 1. The van der Waals surface area contributed by atoms with Crippen molar-refractivity contribution in [2.75, 3.05) is 27.2 Å². The quantitative estimate of drug-likeness (QED) is 0.534. The van der Waals surface area contributed by atoms with E-state index in [-0.39, 0.29) is 5.97 Å². The molecule has 0 saturated heterocycles. The summed E-state index contributed by atoms with van der Waals surface area (Å²) in [7, 11) is 4.12. The van der Waals surface area contributed by atoms with E-state index >= 15 is 0 Å². The number of esters is 1. The third-order valence-electron chi connectivity index (χ3n) is 2.92. The van der Waals surface area contributed by atoms with Crippen LogP contribution in [0, 0.1) is 0 Å². The van der Waals surface area contributed by atoms with Gasteiger partial charge < -0.3 is 9.64 Å². The van der Waals surface area contributed by atoms with Crippen LogP contribution in [0.25, 0.3) is 0 Å². The van der Waals surface area contributed by atoms with Crippen LogP contribution in [0.4, 0.5) is 0 Å². The number of hydrogen-bond donors (Lipinski definition) is 0. The second-order valence-corrected chi connectivity index (χ2v) is 4.91. The van der Waals surface area contributed by atoms with Crippen molar-refractivity contribution in [1.82, 2.24) is 9.88 Å². The number of unbranched alkanes of at least 4 members (excludes halogenated alkanes) is 2. The number of rotatable bonds is 8. The van der Waals surface area contributed by atoms with Crippen molar-refractivity contribution >= 4 is 5.97 Å². The Labute approximate surface area is 115 Å². The Morgan fingerprint density at radius 2 is 2.05 bits per heavy atom. The van der Waals surface area contributed by atoms with Gasteiger partial charge in [0.15, 0.2) is 0 Å². The average Bonchev–Trinajstić information content (AvgIpc) is 2.42. The zero-order valence-electron chi connectivity index (χ0n) is 12.2. The molecule has 0 aliphatic heterocycles. The van der Waals surface area contributed by atoms with Gasteiger partial charge in [0.2, 0.25) is 0 Å². The van der Waals surface area contributed by atoms with E-state index in [4.69, 9.17) is 4.74 Å². The minimum Gasteiger partial charge on any atom is -0.461 e. The summed E-state index contributed by atoms with van der Waals surface area (Å²) in [5.41, 5.74) is 1.52. The molecule has 0 N–H and O–H groups in total. The monoisotopic (exact) mass is 264 g/mol. The Bertz CT molecular complexity index is 374. The van der Waals surface area contributed by atoms with E-state index in [0.717, 1.165) is 37.8 Å². The van der Waals surface area contributed by atoms with Crippen LogP contribution < -0.4 is 0 Å². The molecular weight excluding hydrogens is 240 g/mol. The number of ether oxygens (including phenoxy) is 1. The van der Waals surface area contributed by atoms with E-state index in [1.807, 2.05) is 6.07 Å². The van der Waals surface area contributed by atoms with E-state index in [1.54, 1.807) is 12.3 Å². The first-order valence-corrected chi connectivity index (χ1v) is 6.90. The lowest BCUT2D eigenvalue weighted by Gasteiger charge is -2.09. The van der Waals surface area contributed by atoms with Crippen molar-refractivity contribution in [3.05, 3.63) is 29.6 Å². The molecule has 0 aromatic carbocycles. The number of hydrogen-bond acceptors (Lipinski definition) is 4. The fourth-order valence-corrected chi connectivity index (χ4v) is 1.70. The van der Waals surface area contributed by atoms with Gasteiger partial charge in [-0.1, -0.05) is 13.0 Å². The van der Waals surface area contributed by atoms with Gasteiger partial charge in [0.05, 0.1) is 6.61 Å². The number of nitrogens with zero attached hydrogens (tertiary/aromatic N) is 2. The lowest BCUT2D eigenvalue weighted by Crippen LogP contribution is -2.13.